The molecule has 0 saturated heterocycles. The van der Waals surface area contributed by atoms with E-state index in [0.717, 1.165) is 108 Å². The summed E-state index contributed by atoms with van der Waals surface area (Å²) in [4.78, 5) is 95.7. The van der Waals surface area contributed by atoms with Gasteiger partial charge in [0, 0.05) is 122 Å². The highest BCUT2D eigenvalue weighted by Crippen LogP contribution is 2.41. The second-order valence-corrected chi connectivity index (χ2v) is 31.0. The first-order chi connectivity index (χ1) is 66.4. The second kappa shape index (κ2) is 40.2. The molecule has 34 heteroatoms. The van der Waals surface area contributed by atoms with E-state index in [0.29, 0.717) is 50.7 Å². The number of hydrogen-bond acceptors (Lipinski definition) is 29. The van der Waals surface area contributed by atoms with Crippen molar-refractivity contribution in [2.75, 3.05) is 28.4 Å². The molecule has 20 aromatic rings. The zero-order valence-corrected chi connectivity index (χ0v) is 73.0. The molecule has 4 amide bonds. The van der Waals surface area contributed by atoms with E-state index in [1.807, 2.05) is 117 Å². The Morgan fingerprint density at radius 2 is 1.03 bits per heavy atom. The molecule has 0 fully saturated rings. The molecular formula is C102H82N22O12. The number of imidazole rings is 1. The van der Waals surface area contributed by atoms with E-state index in [1.54, 1.807) is 171 Å². The molecule has 0 bridgehead atoms. The third kappa shape index (κ3) is 18.5. The number of carbonyl (C=O) groups is 4. The molecule has 4 atom stereocenters. The Morgan fingerprint density at radius 3 is 1.64 bits per heavy atom. The Bertz CT molecular complexity index is 7600. The predicted molar refractivity (Wildman–Crippen MR) is 504 cm³/mol. The number of benzene rings is 6. The molecular weight excluding hydrogens is 1730 g/mol. The van der Waals surface area contributed by atoms with Crippen molar-refractivity contribution in [1.82, 2.24) is 90.7 Å². The molecule has 9 N–H and O–H groups in total. The van der Waals surface area contributed by atoms with Crippen molar-refractivity contribution in [3.8, 4) is 50.5 Å². The van der Waals surface area contributed by atoms with Crippen LogP contribution in [0.4, 0.5) is 23.0 Å². The Kier molecular flexibility index (Phi) is 26.6. The van der Waals surface area contributed by atoms with Crippen molar-refractivity contribution < 1.29 is 57.8 Å². The lowest BCUT2D eigenvalue weighted by atomic mass is 9.89. The molecule has 0 aliphatic carbocycles. The standard InChI is InChI=1S/C28H26N6O2.C25H19N5O4.C25H19N5O3.C24H18N6O3/c1-2-3-12-24-25(22-11-7-8-13-23(22)33-34-24)19-16-21(18-29-17-19)32-27(35)28(36,26-30-14-15-31-26)20-9-5-4-6-10-20;1-33-21-12-11-19(18-15-26-29-20-10-6-5-9-17(18)20)27-23(21)28-24(31)25(32,22-13-14-34-30-22)16-7-3-2-4-8-16;1-16-13-21(19-15-26-29-20-10-6-5-9-18(19)20)27-23(14-16)28-24(31)25(32,22-11-12-33-30-22)17-7-3-2-4-8-17;1-15-17(18-13-25-11-16-5-4-8-28-21(16)18)12-26-14-19(15)30-22(31)24(32,23-29-9-10-33-23)20-6-2-3-7-27-20/h4-11,13-18,36H,2-3,12H2,1H3,(H,30,31)(H,32,35);2-15,32H,1H3,(H,27,28,31);2-15,32H,1H3,(H,27,28,31);2-14,32H,1H3,(H,30,31)/t28-;2*25-;24-/m1110/s1. The molecule has 136 heavy (non-hydrogen) atoms. The number of aromatic amines is 1. The van der Waals surface area contributed by atoms with Gasteiger partial charge in [0.25, 0.3) is 29.2 Å². The Labute approximate surface area is 774 Å². The van der Waals surface area contributed by atoms with Crippen molar-refractivity contribution >= 4 is 90.3 Å². The number of anilines is 4. The number of nitrogens with one attached hydrogen (secondary N) is 5. The molecule has 0 spiro atoms. The minimum Gasteiger partial charge on any atom is -0.493 e. The van der Waals surface area contributed by atoms with Gasteiger partial charge in [-0.05, 0) is 122 Å². The number of aromatic nitrogens is 18. The van der Waals surface area contributed by atoms with E-state index in [2.05, 4.69) is 119 Å². The van der Waals surface area contributed by atoms with Gasteiger partial charge in [-0.2, -0.15) is 30.6 Å². The van der Waals surface area contributed by atoms with Gasteiger partial charge in [0.05, 0.1) is 94.3 Å². The summed E-state index contributed by atoms with van der Waals surface area (Å²) in [6, 6.07) is 69.3. The summed E-state index contributed by atoms with van der Waals surface area (Å²) in [6.07, 6.45) is 27.5. The lowest BCUT2D eigenvalue weighted by Gasteiger charge is -2.25. The van der Waals surface area contributed by atoms with E-state index in [1.165, 1.54) is 68.9 Å². The smallest absolute Gasteiger partial charge is 0.272 e. The fraction of sp³-hybridized carbons (Fsp3) is 0.108. The van der Waals surface area contributed by atoms with Crippen LogP contribution in [-0.2, 0) is 48.0 Å². The van der Waals surface area contributed by atoms with Crippen LogP contribution in [0.25, 0.3) is 88.4 Å². The zero-order chi connectivity index (χ0) is 94.2. The van der Waals surface area contributed by atoms with Crippen LogP contribution in [0, 0.1) is 13.8 Å². The van der Waals surface area contributed by atoms with Crippen molar-refractivity contribution in [3.05, 3.63) is 398 Å². The summed E-state index contributed by atoms with van der Waals surface area (Å²) in [5.41, 5.74) is 5.17. The van der Waals surface area contributed by atoms with Gasteiger partial charge in [0.15, 0.2) is 17.4 Å². The number of oxazole rings is 1. The van der Waals surface area contributed by atoms with E-state index in [-0.39, 0.29) is 40.4 Å². The number of ether oxygens (including phenoxy) is 1. The van der Waals surface area contributed by atoms with Crippen molar-refractivity contribution in [2.45, 2.75) is 62.4 Å². The number of H-pyrrole nitrogens is 1. The minimum absolute atomic E-state index is 0.0376. The number of amides is 4. The first-order valence-corrected chi connectivity index (χ1v) is 42.6. The monoisotopic (exact) mass is 1810 g/mol. The first-order valence-electron chi connectivity index (χ1n) is 42.6. The molecule has 672 valence electrons. The summed E-state index contributed by atoms with van der Waals surface area (Å²) in [6.45, 7) is 5.89. The molecule has 0 aliphatic rings. The molecule has 0 radical (unpaired) electrons. The van der Waals surface area contributed by atoms with Crippen LogP contribution < -0.4 is 26.0 Å². The number of aryl methyl sites for hydroxylation is 2. The largest absolute Gasteiger partial charge is 0.493 e. The molecule has 14 heterocycles. The highest BCUT2D eigenvalue weighted by molar-refractivity contribution is 6.05. The highest BCUT2D eigenvalue weighted by Gasteiger charge is 2.48. The minimum atomic E-state index is -2.24. The topological polar surface area (TPSA) is 481 Å². The molecule has 0 aliphatic heterocycles. The van der Waals surface area contributed by atoms with Crippen molar-refractivity contribution in [2.24, 2.45) is 0 Å². The second-order valence-electron chi connectivity index (χ2n) is 31.0. The lowest BCUT2D eigenvalue weighted by molar-refractivity contribution is -0.133. The van der Waals surface area contributed by atoms with Crippen LogP contribution in [-0.4, -0.2) is 142 Å². The van der Waals surface area contributed by atoms with Crippen LogP contribution in [0.3, 0.4) is 0 Å². The highest BCUT2D eigenvalue weighted by atomic mass is 16.5. The summed E-state index contributed by atoms with van der Waals surface area (Å²) in [7, 11) is 1.47. The quantitative estimate of drug-likeness (QED) is 0.0271. The number of aliphatic hydroxyl groups is 4. The van der Waals surface area contributed by atoms with Gasteiger partial charge in [0.2, 0.25) is 22.7 Å². The van der Waals surface area contributed by atoms with E-state index in [4.69, 9.17) is 18.2 Å². The number of rotatable bonds is 24. The van der Waals surface area contributed by atoms with Gasteiger partial charge < -0.3 is 64.9 Å². The van der Waals surface area contributed by atoms with Crippen LogP contribution in [0.2, 0.25) is 0 Å². The van der Waals surface area contributed by atoms with E-state index >= 15 is 0 Å². The fourth-order valence-corrected chi connectivity index (χ4v) is 15.4. The Hall–Kier alpha value is -18.0. The van der Waals surface area contributed by atoms with Crippen molar-refractivity contribution in [1.29, 1.82) is 0 Å². The molecule has 6 aromatic carbocycles. The first kappa shape index (κ1) is 90.0. The van der Waals surface area contributed by atoms with Crippen molar-refractivity contribution in [3.63, 3.8) is 0 Å². The van der Waals surface area contributed by atoms with Gasteiger partial charge in [-0.15, -0.1) is 0 Å². The van der Waals surface area contributed by atoms with E-state index < -0.39 is 46.0 Å². The molecule has 0 unspecified atom stereocenters. The van der Waals surface area contributed by atoms with E-state index in [9.17, 15) is 39.6 Å². The van der Waals surface area contributed by atoms with Gasteiger partial charge in [-0.25, -0.2) is 19.9 Å². The van der Waals surface area contributed by atoms with Gasteiger partial charge in [0.1, 0.15) is 36.0 Å². The number of fused-ring (bicyclic) bond motifs is 4. The zero-order valence-electron chi connectivity index (χ0n) is 73.0. The normalized spacial score (nSPS) is 12.9. The number of nitrogens with zero attached hydrogens (tertiary/aromatic N) is 17. The van der Waals surface area contributed by atoms with Gasteiger partial charge in [-0.1, -0.05) is 175 Å². The summed E-state index contributed by atoms with van der Waals surface area (Å²) < 4.78 is 20.5. The van der Waals surface area contributed by atoms with Gasteiger partial charge in [-0.3, -0.25) is 44.1 Å². The number of hydrogen-bond donors (Lipinski definition) is 9. The SMILES string of the molecule is CCCCc1nnc2ccccc2c1-c1cncc(NC(=O)[C@@](O)(c2ccccc2)c2ncc[nH]2)c1.COc1ccc(-c2cnnc3ccccc23)nc1NC(=O)[C@@](O)(c1ccccc1)c1ccon1.Cc1c(NC(=O)[C@@](O)(c2ccccn2)c2ncco2)cncc1-c1cncc2cccnc12.Cc1cc(NC(=O)[C@@](O)(c2ccccc2)c2ccon2)nc(-c2cnnc3ccccc23)c1. The third-order valence-electron chi connectivity index (χ3n) is 22.3. The van der Waals surface area contributed by atoms with Crippen LogP contribution in [0.1, 0.15) is 82.1 Å². The van der Waals surface area contributed by atoms with Crippen LogP contribution in [0.15, 0.2) is 349 Å². The number of carbonyl (C=O) groups excluding carboxylic acids is 4. The van der Waals surface area contributed by atoms with Crippen LogP contribution in [0.5, 0.6) is 5.75 Å². The molecule has 20 rings (SSSR count). The number of methoxy groups -OCH3 is 1. The lowest BCUT2D eigenvalue weighted by Crippen LogP contribution is -2.42. The maximum Gasteiger partial charge on any atom is 0.272 e. The average molecular weight is 1810 g/mol. The third-order valence-corrected chi connectivity index (χ3v) is 22.3. The predicted octanol–water partition coefficient (Wildman–Crippen LogP) is 15.3. The summed E-state index contributed by atoms with van der Waals surface area (Å²) >= 11 is 0. The Balaban J connectivity index is 0.000000126. The maximum absolute atomic E-state index is 13.5. The summed E-state index contributed by atoms with van der Waals surface area (Å²) in [5.74, 6) is -2.23. The molecule has 0 saturated carbocycles. The molecule has 14 aromatic heterocycles. The van der Waals surface area contributed by atoms with Crippen LogP contribution >= 0.6 is 0 Å². The van der Waals surface area contributed by atoms with Gasteiger partial charge >= 0.3 is 0 Å². The maximum atomic E-state index is 13.5. The fourth-order valence-electron chi connectivity index (χ4n) is 15.4. The average Bonchev–Trinajstić information content (AvgIpc) is 1.68. The number of pyridine rings is 7. The molecule has 34 nitrogen and oxygen atoms in total. The summed E-state index contributed by atoms with van der Waals surface area (Å²) in [5, 5.41) is 93.7. The Morgan fingerprint density at radius 1 is 0.449 bits per heavy atom. The number of unbranched alkanes of at least 4 members (excludes halogenated alkanes) is 1.